The van der Waals surface area contributed by atoms with Crippen LogP contribution in [0.1, 0.15) is 25.3 Å². The molecule has 1 aromatic heterocycles. The smallest absolute Gasteiger partial charge is 0.233 e. The summed E-state index contributed by atoms with van der Waals surface area (Å²) in [5.41, 5.74) is 1.25. The first-order chi connectivity index (χ1) is 12.2. The van der Waals surface area contributed by atoms with E-state index >= 15 is 0 Å². The second-order valence-corrected chi connectivity index (χ2v) is 7.59. The van der Waals surface area contributed by atoms with E-state index in [0.29, 0.717) is 0 Å². The molecule has 0 unspecified atom stereocenters. The van der Waals surface area contributed by atoms with Gasteiger partial charge in [-0.1, -0.05) is 30.3 Å². The molecule has 6 heteroatoms. The van der Waals surface area contributed by atoms with Crippen LogP contribution in [0, 0.1) is 0 Å². The van der Waals surface area contributed by atoms with Crippen molar-refractivity contribution < 1.29 is 4.79 Å². The van der Waals surface area contributed by atoms with Crippen LogP contribution >= 0.6 is 11.8 Å². The van der Waals surface area contributed by atoms with Gasteiger partial charge in [-0.2, -0.15) is 0 Å². The standard InChI is InChI=1S/C19H24N4OS/c1-15(25-14-16-6-3-2-4-7-16)18(24)22-17-8-12-23(13-9-17)19-20-10-5-11-21-19/h2-7,10-11,15,17H,8-9,12-14H2,1H3,(H,22,24)/t15-/m1/s1. The predicted octanol–water partition coefficient (Wildman–Crippen LogP) is 2.88. The lowest BCUT2D eigenvalue weighted by Crippen LogP contribution is -2.47. The number of hydrogen-bond donors (Lipinski definition) is 1. The molecular weight excluding hydrogens is 332 g/mol. The van der Waals surface area contributed by atoms with Crippen LogP contribution in [0.2, 0.25) is 0 Å². The second-order valence-electron chi connectivity index (χ2n) is 6.26. The highest BCUT2D eigenvalue weighted by Crippen LogP contribution is 2.19. The Labute approximate surface area is 153 Å². The number of piperidine rings is 1. The molecule has 0 aliphatic carbocycles. The van der Waals surface area contributed by atoms with E-state index in [9.17, 15) is 4.79 Å². The van der Waals surface area contributed by atoms with Crippen molar-refractivity contribution in [1.82, 2.24) is 15.3 Å². The summed E-state index contributed by atoms with van der Waals surface area (Å²) in [5.74, 6) is 1.77. The Hall–Kier alpha value is -2.08. The monoisotopic (exact) mass is 356 g/mol. The molecule has 1 saturated heterocycles. The van der Waals surface area contributed by atoms with Crippen molar-refractivity contribution in [2.45, 2.75) is 36.8 Å². The molecule has 1 aliphatic rings. The molecule has 0 bridgehead atoms. The van der Waals surface area contributed by atoms with Crippen molar-refractivity contribution in [3.63, 3.8) is 0 Å². The number of nitrogens with one attached hydrogen (secondary N) is 1. The van der Waals surface area contributed by atoms with E-state index in [1.807, 2.05) is 31.2 Å². The molecule has 1 aliphatic heterocycles. The van der Waals surface area contributed by atoms with Gasteiger partial charge in [-0.05, 0) is 31.4 Å². The van der Waals surface area contributed by atoms with Crippen LogP contribution in [0.25, 0.3) is 0 Å². The molecule has 5 nitrogen and oxygen atoms in total. The van der Waals surface area contributed by atoms with Crippen LogP contribution in [0.3, 0.4) is 0 Å². The molecule has 1 atom stereocenters. The fourth-order valence-corrected chi connectivity index (χ4v) is 3.72. The number of carbonyl (C=O) groups excluding carboxylic acids is 1. The van der Waals surface area contributed by atoms with Crippen LogP contribution < -0.4 is 10.2 Å². The normalized spacial score (nSPS) is 16.4. The highest BCUT2D eigenvalue weighted by atomic mass is 32.2. The van der Waals surface area contributed by atoms with E-state index in [1.54, 1.807) is 24.2 Å². The average Bonchev–Trinajstić information content (AvgIpc) is 2.68. The minimum absolute atomic E-state index is 0.0457. The summed E-state index contributed by atoms with van der Waals surface area (Å²) in [7, 11) is 0. The fraction of sp³-hybridized carbons (Fsp3) is 0.421. The van der Waals surface area contributed by atoms with E-state index in [2.05, 4.69) is 32.3 Å². The van der Waals surface area contributed by atoms with Crippen molar-refractivity contribution in [3.8, 4) is 0 Å². The number of rotatable bonds is 6. The van der Waals surface area contributed by atoms with Crippen LogP contribution in [0.15, 0.2) is 48.8 Å². The Kier molecular flexibility index (Phi) is 6.28. The van der Waals surface area contributed by atoms with E-state index < -0.39 is 0 Å². The number of nitrogens with zero attached hydrogens (tertiary/aromatic N) is 3. The predicted molar refractivity (Wildman–Crippen MR) is 103 cm³/mol. The minimum Gasteiger partial charge on any atom is -0.352 e. The van der Waals surface area contributed by atoms with Crippen LogP contribution in [0.4, 0.5) is 5.95 Å². The van der Waals surface area contributed by atoms with Crippen LogP contribution in [-0.2, 0) is 10.5 Å². The Morgan fingerprint density at radius 2 is 1.88 bits per heavy atom. The number of carbonyl (C=O) groups is 1. The lowest BCUT2D eigenvalue weighted by Gasteiger charge is -2.32. The summed E-state index contributed by atoms with van der Waals surface area (Å²) in [6.45, 7) is 3.73. The molecule has 2 heterocycles. The van der Waals surface area contributed by atoms with Crippen molar-refractivity contribution in [3.05, 3.63) is 54.4 Å². The van der Waals surface area contributed by atoms with Crippen molar-refractivity contribution in [1.29, 1.82) is 0 Å². The molecule has 0 radical (unpaired) electrons. The number of amides is 1. The number of anilines is 1. The molecule has 1 aromatic carbocycles. The first-order valence-corrected chi connectivity index (χ1v) is 9.75. The van der Waals surface area contributed by atoms with Gasteiger partial charge in [-0.25, -0.2) is 9.97 Å². The van der Waals surface area contributed by atoms with Gasteiger partial charge in [0.15, 0.2) is 0 Å². The summed E-state index contributed by atoms with van der Waals surface area (Å²) in [6, 6.07) is 12.3. The number of thioether (sulfide) groups is 1. The Balaban J connectivity index is 1.41. The Morgan fingerprint density at radius 1 is 1.20 bits per heavy atom. The zero-order valence-corrected chi connectivity index (χ0v) is 15.3. The van der Waals surface area contributed by atoms with Gasteiger partial charge < -0.3 is 10.2 Å². The molecule has 1 fully saturated rings. The Morgan fingerprint density at radius 3 is 2.56 bits per heavy atom. The van der Waals surface area contributed by atoms with Gasteiger partial charge >= 0.3 is 0 Å². The van der Waals surface area contributed by atoms with Crippen molar-refractivity contribution in [2.75, 3.05) is 18.0 Å². The zero-order chi connectivity index (χ0) is 17.5. The van der Waals surface area contributed by atoms with Crippen LogP contribution in [-0.4, -0.2) is 40.3 Å². The van der Waals surface area contributed by atoms with E-state index in [4.69, 9.17) is 0 Å². The van der Waals surface area contributed by atoms with Gasteiger partial charge in [0.1, 0.15) is 0 Å². The van der Waals surface area contributed by atoms with Gasteiger partial charge in [0.2, 0.25) is 11.9 Å². The van der Waals surface area contributed by atoms with Gasteiger partial charge in [-0.3, -0.25) is 4.79 Å². The minimum atomic E-state index is -0.0457. The van der Waals surface area contributed by atoms with Crippen molar-refractivity contribution >= 4 is 23.6 Å². The number of benzene rings is 1. The summed E-state index contributed by atoms with van der Waals surface area (Å²) >= 11 is 1.68. The molecule has 1 amide bonds. The van der Waals surface area contributed by atoms with E-state index in [0.717, 1.165) is 37.6 Å². The van der Waals surface area contributed by atoms with Gasteiger partial charge in [0.25, 0.3) is 0 Å². The van der Waals surface area contributed by atoms with Crippen molar-refractivity contribution in [2.24, 2.45) is 0 Å². The highest BCUT2D eigenvalue weighted by molar-refractivity contribution is 7.99. The van der Waals surface area contributed by atoms with Gasteiger partial charge in [-0.15, -0.1) is 11.8 Å². The third kappa shape index (κ3) is 5.19. The molecule has 132 valence electrons. The maximum atomic E-state index is 12.4. The lowest BCUT2D eigenvalue weighted by atomic mass is 10.1. The summed E-state index contributed by atoms with van der Waals surface area (Å²) in [6.07, 6.45) is 5.39. The first-order valence-electron chi connectivity index (χ1n) is 8.70. The number of aromatic nitrogens is 2. The molecule has 25 heavy (non-hydrogen) atoms. The first kappa shape index (κ1) is 17.7. The second kappa shape index (κ2) is 8.85. The zero-order valence-electron chi connectivity index (χ0n) is 14.5. The van der Waals surface area contributed by atoms with E-state index in [-0.39, 0.29) is 17.2 Å². The SMILES string of the molecule is C[C@@H](SCc1ccccc1)C(=O)NC1CCN(c2ncccn2)CC1. The molecular formula is C19H24N4OS. The quantitative estimate of drug-likeness (QED) is 0.862. The molecule has 0 spiro atoms. The largest absolute Gasteiger partial charge is 0.352 e. The third-order valence-corrected chi connectivity index (χ3v) is 5.60. The molecule has 3 rings (SSSR count). The molecule has 2 aromatic rings. The average molecular weight is 356 g/mol. The third-order valence-electron chi connectivity index (χ3n) is 4.39. The van der Waals surface area contributed by atoms with Crippen LogP contribution in [0.5, 0.6) is 0 Å². The maximum Gasteiger partial charge on any atom is 0.233 e. The maximum absolute atomic E-state index is 12.4. The van der Waals surface area contributed by atoms with E-state index in [1.165, 1.54) is 5.56 Å². The summed E-state index contributed by atoms with van der Waals surface area (Å²) < 4.78 is 0. The Bertz CT molecular complexity index is 660. The summed E-state index contributed by atoms with van der Waals surface area (Å²) in [5, 5.41) is 3.15. The topological polar surface area (TPSA) is 58.1 Å². The molecule has 1 N–H and O–H groups in total. The van der Waals surface area contributed by atoms with Gasteiger partial charge in [0, 0.05) is 37.3 Å². The fourth-order valence-electron chi connectivity index (χ4n) is 2.87. The molecule has 0 saturated carbocycles. The summed E-state index contributed by atoms with van der Waals surface area (Å²) in [4.78, 5) is 23.2. The lowest BCUT2D eigenvalue weighted by molar-refractivity contribution is -0.121. The van der Waals surface area contributed by atoms with Gasteiger partial charge in [0.05, 0.1) is 5.25 Å². The number of hydrogen-bond acceptors (Lipinski definition) is 5. The highest BCUT2D eigenvalue weighted by Gasteiger charge is 2.24.